The van der Waals surface area contributed by atoms with Crippen LogP contribution in [0, 0.1) is 13.8 Å². The van der Waals surface area contributed by atoms with Crippen molar-refractivity contribution < 1.29 is 9.21 Å². The second-order valence-electron chi connectivity index (χ2n) is 5.97. The van der Waals surface area contributed by atoms with Gasteiger partial charge in [-0.25, -0.2) is 0 Å². The summed E-state index contributed by atoms with van der Waals surface area (Å²) in [5.74, 6) is 1.46. The number of carbonyl (C=O) groups excluding carboxylic acids is 1. The van der Waals surface area contributed by atoms with Crippen molar-refractivity contribution in [2.24, 2.45) is 0 Å². The first kappa shape index (κ1) is 14.4. The Balaban J connectivity index is 1.73. The Morgan fingerprint density at radius 2 is 2.14 bits per heavy atom. The Bertz CT molecular complexity index is 621. The number of aryl methyl sites for hydroxylation is 2. The molecule has 0 atom stereocenters. The van der Waals surface area contributed by atoms with Crippen molar-refractivity contribution in [3.8, 4) is 0 Å². The monoisotopic (exact) mass is 303 g/mol. The molecule has 2 aromatic heterocycles. The van der Waals surface area contributed by atoms with Crippen LogP contribution in [0.4, 0.5) is 0 Å². The average molecular weight is 303 g/mol. The fourth-order valence-electron chi connectivity index (χ4n) is 3.34. The van der Waals surface area contributed by atoms with Crippen LogP contribution < -0.4 is 5.32 Å². The van der Waals surface area contributed by atoms with Crippen LogP contribution >= 0.6 is 11.3 Å². The number of hydrogen-bond donors (Lipinski definition) is 1. The predicted octanol–water partition coefficient (Wildman–Crippen LogP) is 4.20. The van der Waals surface area contributed by atoms with Crippen molar-refractivity contribution in [2.75, 3.05) is 6.54 Å². The van der Waals surface area contributed by atoms with Crippen LogP contribution in [-0.4, -0.2) is 12.5 Å². The van der Waals surface area contributed by atoms with E-state index in [9.17, 15) is 4.79 Å². The first-order valence-electron chi connectivity index (χ1n) is 7.50. The topological polar surface area (TPSA) is 42.2 Å². The maximum atomic E-state index is 12.4. The van der Waals surface area contributed by atoms with Crippen molar-refractivity contribution in [3.63, 3.8) is 0 Å². The summed E-state index contributed by atoms with van der Waals surface area (Å²) >= 11 is 1.80. The molecule has 0 radical (unpaired) electrons. The second kappa shape index (κ2) is 5.68. The Kier molecular flexibility index (Phi) is 3.89. The number of thiophene rings is 1. The van der Waals surface area contributed by atoms with E-state index < -0.39 is 0 Å². The molecule has 1 aliphatic carbocycles. The van der Waals surface area contributed by atoms with E-state index >= 15 is 0 Å². The Hall–Kier alpha value is -1.55. The second-order valence-corrected chi connectivity index (χ2v) is 6.92. The number of nitrogens with one attached hydrogen (secondary N) is 1. The van der Waals surface area contributed by atoms with Crippen molar-refractivity contribution in [1.82, 2.24) is 5.32 Å². The van der Waals surface area contributed by atoms with Crippen molar-refractivity contribution in [1.29, 1.82) is 0 Å². The maximum Gasteiger partial charge on any atom is 0.254 e. The van der Waals surface area contributed by atoms with E-state index in [-0.39, 0.29) is 11.3 Å². The van der Waals surface area contributed by atoms with Gasteiger partial charge < -0.3 is 9.73 Å². The lowest BCUT2D eigenvalue weighted by molar-refractivity contribution is 0.0942. The number of furan rings is 1. The highest BCUT2D eigenvalue weighted by Crippen LogP contribution is 2.42. The highest BCUT2D eigenvalue weighted by Gasteiger charge is 2.36. The van der Waals surface area contributed by atoms with Crippen LogP contribution in [-0.2, 0) is 5.41 Å². The SMILES string of the molecule is Cc1cc(C(=O)NCC2(c3cccs3)CCCC2)c(C)o1. The van der Waals surface area contributed by atoms with Crippen LogP contribution in [0.5, 0.6) is 0 Å². The highest BCUT2D eigenvalue weighted by atomic mass is 32.1. The van der Waals surface area contributed by atoms with E-state index in [0.717, 1.165) is 25.1 Å². The third-order valence-corrected chi connectivity index (χ3v) is 5.59. The van der Waals surface area contributed by atoms with Gasteiger partial charge >= 0.3 is 0 Å². The van der Waals surface area contributed by atoms with Crippen molar-refractivity contribution in [3.05, 3.63) is 45.5 Å². The minimum atomic E-state index is -0.0211. The summed E-state index contributed by atoms with van der Waals surface area (Å²) in [6.45, 7) is 4.43. The van der Waals surface area contributed by atoms with Gasteiger partial charge in [0.1, 0.15) is 11.5 Å². The molecule has 0 bridgehead atoms. The van der Waals surface area contributed by atoms with Gasteiger partial charge in [-0.15, -0.1) is 11.3 Å². The molecule has 2 heterocycles. The first-order chi connectivity index (χ1) is 10.1. The Morgan fingerprint density at radius 1 is 1.38 bits per heavy atom. The zero-order chi connectivity index (χ0) is 14.9. The normalized spacial score (nSPS) is 17.0. The largest absolute Gasteiger partial charge is 0.466 e. The van der Waals surface area contributed by atoms with Gasteiger partial charge in [-0.2, -0.15) is 0 Å². The molecule has 0 spiro atoms. The van der Waals surface area contributed by atoms with Gasteiger partial charge in [0.2, 0.25) is 0 Å². The summed E-state index contributed by atoms with van der Waals surface area (Å²) in [5, 5.41) is 5.26. The molecule has 1 amide bonds. The fourth-order valence-corrected chi connectivity index (χ4v) is 4.33. The lowest BCUT2D eigenvalue weighted by Crippen LogP contribution is -2.38. The molecule has 1 aliphatic rings. The lowest BCUT2D eigenvalue weighted by atomic mass is 9.84. The molecule has 21 heavy (non-hydrogen) atoms. The van der Waals surface area contributed by atoms with Crippen molar-refractivity contribution in [2.45, 2.75) is 44.9 Å². The number of carbonyl (C=O) groups is 1. The smallest absolute Gasteiger partial charge is 0.254 e. The van der Waals surface area contributed by atoms with E-state index in [4.69, 9.17) is 4.42 Å². The molecule has 1 N–H and O–H groups in total. The van der Waals surface area contributed by atoms with E-state index in [0.29, 0.717) is 11.3 Å². The molecule has 1 saturated carbocycles. The summed E-state index contributed by atoms with van der Waals surface area (Å²) in [6, 6.07) is 6.12. The predicted molar refractivity (Wildman–Crippen MR) is 85.0 cm³/mol. The van der Waals surface area contributed by atoms with Crippen LogP contribution in [0.2, 0.25) is 0 Å². The zero-order valence-corrected chi connectivity index (χ0v) is 13.4. The Labute approximate surface area is 129 Å². The maximum absolute atomic E-state index is 12.4. The van der Waals surface area contributed by atoms with Gasteiger partial charge in [-0.3, -0.25) is 4.79 Å². The summed E-state index contributed by atoms with van der Waals surface area (Å²) in [4.78, 5) is 13.8. The molecular formula is C17H21NO2S. The summed E-state index contributed by atoms with van der Waals surface area (Å²) in [6.07, 6.45) is 4.82. The first-order valence-corrected chi connectivity index (χ1v) is 8.38. The van der Waals surface area contributed by atoms with Crippen LogP contribution in [0.1, 0.15) is 52.4 Å². The van der Waals surface area contributed by atoms with E-state index in [1.807, 2.05) is 19.9 Å². The Morgan fingerprint density at radius 3 is 2.71 bits per heavy atom. The van der Waals surface area contributed by atoms with Gasteiger partial charge in [0, 0.05) is 16.8 Å². The van der Waals surface area contributed by atoms with Crippen LogP contribution in [0.3, 0.4) is 0 Å². The average Bonchev–Trinajstić information content (AvgIpc) is 3.16. The summed E-state index contributed by atoms with van der Waals surface area (Å²) < 4.78 is 5.45. The third-order valence-electron chi connectivity index (χ3n) is 4.48. The molecule has 1 fully saturated rings. The molecule has 3 rings (SSSR count). The van der Waals surface area contributed by atoms with Crippen LogP contribution in [0.25, 0.3) is 0 Å². The molecule has 4 heteroatoms. The molecule has 0 unspecified atom stereocenters. The standard InChI is InChI=1S/C17H21NO2S/c1-12-10-14(13(2)20-12)16(19)18-11-17(7-3-4-8-17)15-6-5-9-21-15/h5-6,9-10H,3-4,7-8,11H2,1-2H3,(H,18,19). The highest BCUT2D eigenvalue weighted by molar-refractivity contribution is 7.10. The van der Waals surface area contributed by atoms with Gasteiger partial charge in [-0.1, -0.05) is 18.9 Å². The van der Waals surface area contributed by atoms with Crippen LogP contribution in [0.15, 0.2) is 28.0 Å². The van der Waals surface area contributed by atoms with Gasteiger partial charge in [0.15, 0.2) is 0 Å². The minimum Gasteiger partial charge on any atom is -0.466 e. The van der Waals surface area contributed by atoms with E-state index in [2.05, 4.69) is 22.8 Å². The quantitative estimate of drug-likeness (QED) is 0.919. The molecule has 0 aromatic carbocycles. The van der Waals surface area contributed by atoms with E-state index in [1.165, 1.54) is 17.7 Å². The summed E-state index contributed by atoms with van der Waals surface area (Å²) in [5.41, 5.74) is 0.795. The molecule has 112 valence electrons. The number of hydrogen-bond acceptors (Lipinski definition) is 3. The zero-order valence-electron chi connectivity index (χ0n) is 12.6. The number of rotatable bonds is 4. The van der Waals surface area contributed by atoms with Crippen molar-refractivity contribution >= 4 is 17.2 Å². The molecule has 0 saturated heterocycles. The molecule has 2 aromatic rings. The molecular weight excluding hydrogens is 282 g/mol. The van der Waals surface area contributed by atoms with E-state index in [1.54, 1.807) is 11.3 Å². The minimum absolute atomic E-state index is 0.0211. The number of amides is 1. The fraction of sp³-hybridized carbons (Fsp3) is 0.471. The van der Waals surface area contributed by atoms with Gasteiger partial charge in [0.05, 0.1) is 5.56 Å². The van der Waals surface area contributed by atoms with Gasteiger partial charge in [-0.05, 0) is 44.2 Å². The summed E-state index contributed by atoms with van der Waals surface area (Å²) in [7, 11) is 0. The third kappa shape index (κ3) is 2.77. The molecule has 3 nitrogen and oxygen atoms in total. The lowest BCUT2D eigenvalue weighted by Gasteiger charge is -2.28. The van der Waals surface area contributed by atoms with Gasteiger partial charge in [0.25, 0.3) is 5.91 Å². The molecule has 0 aliphatic heterocycles.